The number of nitrogens with zero attached hydrogens (tertiary/aromatic N) is 2. The molecule has 0 aromatic heterocycles. The third-order valence-electron chi connectivity index (χ3n) is 4.36. The number of benzene rings is 1. The van der Waals surface area contributed by atoms with E-state index in [0.717, 1.165) is 15.6 Å². The van der Waals surface area contributed by atoms with Crippen LogP contribution in [-0.2, 0) is 11.3 Å². The van der Waals surface area contributed by atoms with Crippen LogP contribution in [0.25, 0.3) is 0 Å². The van der Waals surface area contributed by atoms with E-state index in [9.17, 15) is 9.59 Å². The minimum atomic E-state index is -0.506. The van der Waals surface area contributed by atoms with Crippen molar-refractivity contribution in [3.8, 4) is 0 Å². The van der Waals surface area contributed by atoms with Gasteiger partial charge in [0.25, 0.3) is 5.91 Å². The Kier molecular flexibility index (Phi) is 3.91. The SMILES string of the molecule is C[C@H]1[C@@H](N2Cc3cc(Br)ccc3C2=O)CN1C(=O)OC(C)(C)C. The summed E-state index contributed by atoms with van der Waals surface area (Å²) in [4.78, 5) is 28.3. The second-order valence-corrected chi connectivity index (χ2v) is 8.09. The maximum Gasteiger partial charge on any atom is 0.410 e. The van der Waals surface area contributed by atoms with Crippen LogP contribution in [0, 0.1) is 0 Å². The van der Waals surface area contributed by atoms with E-state index in [4.69, 9.17) is 4.74 Å². The van der Waals surface area contributed by atoms with Gasteiger partial charge in [-0.25, -0.2) is 4.79 Å². The van der Waals surface area contributed by atoms with E-state index in [1.165, 1.54) is 0 Å². The molecular weight excluding hydrogens is 360 g/mol. The van der Waals surface area contributed by atoms with Crippen LogP contribution < -0.4 is 0 Å². The molecule has 1 aromatic carbocycles. The number of carbonyl (C=O) groups is 2. The van der Waals surface area contributed by atoms with Crippen LogP contribution in [0.3, 0.4) is 0 Å². The average molecular weight is 381 g/mol. The van der Waals surface area contributed by atoms with E-state index < -0.39 is 5.60 Å². The zero-order chi connectivity index (χ0) is 16.9. The van der Waals surface area contributed by atoms with Gasteiger partial charge in [0.1, 0.15) is 5.60 Å². The molecule has 23 heavy (non-hydrogen) atoms. The third-order valence-corrected chi connectivity index (χ3v) is 4.85. The van der Waals surface area contributed by atoms with Crippen molar-refractivity contribution < 1.29 is 14.3 Å². The Morgan fingerprint density at radius 1 is 1.35 bits per heavy atom. The first-order valence-corrected chi connectivity index (χ1v) is 8.56. The first-order chi connectivity index (χ1) is 10.7. The lowest BCUT2D eigenvalue weighted by molar-refractivity contribution is -0.0382. The van der Waals surface area contributed by atoms with E-state index in [0.29, 0.717) is 13.1 Å². The van der Waals surface area contributed by atoms with E-state index in [-0.39, 0.29) is 24.1 Å². The molecule has 2 aliphatic heterocycles. The summed E-state index contributed by atoms with van der Waals surface area (Å²) in [5.41, 5.74) is 1.29. The van der Waals surface area contributed by atoms with Gasteiger partial charge in [-0.2, -0.15) is 0 Å². The molecule has 1 saturated heterocycles. The quantitative estimate of drug-likeness (QED) is 0.749. The van der Waals surface area contributed by atoms with Crippen molar-refractivity contribution in [2.75, 3.05) is 6.54 Å². The molecule has 1 fully saturated rings. The van der Waals surface area contributed by atoms with Crippen molar-refractivity contribution >= 4 is 27.9 Å². The van der Waals surface area contributed by atoms with Crippen LogP contribution >= 0.6 is 15.9 Å². The molecule has 5 nitrogen and oxygen atoms in total. The Hall–Kier alpha value is -1.56. The largest absolute Gasteiger partial charge is 0.444 e. The minimum Gasteiger partial charge on any atom is -0.444 e. The smallest absolute Gasteiger partial charge is 0.410 e. The highest BCUT2D eigenvalue weighted by atomic mass is 79.9. The van der Waals surface area contributed by atoms with Gasteiger partial charge in [0.05, 0.1) is 12.1 Å². The monoisotopic (exact) mass is 380 g/mol. The highest BCUT2D eigenvalue weighted by Crippen LogP contribution is 2.33. The Balaban J connectivity index is 1.67. The van der Waals surface area contributed by atoms with Crippen molar-refractivity contribution in [1.82, 2.24) is 9.80 Å². The molecule has 0 bridgehead atoms. The Bertz CT molecular complexity index is 668. The van der Waals surface area contributed by atoms with Crippen LogP contribution in [0.4, 0.5) is 4.79 Å². The van der Waals surface area contributed by atoms with E-state index in [1.54, 1.807) is 4.90 Å². The number of hydrogen-bond acceptors (Lipinski definition) is 3. The van der Waals surface area contributed by atoms with Gasteiger partial charge in [-0.3, -0.25) is 4.79 Å². The maximum absolute atomic E-state index is 12.6. The van der Waals surface area contributed by atoms with Crippen LogP contribution in [0.5, 0.6) is 0 Å². The molecular formula is C17H21BrN2O3. The molecule has 0 spiro atoms. The van der Waals surface area contributed by atoms with Gasteiger partial charge in [-0.05, 0) is 51.5 Å². The molecule has 2 heterocycles. The summed E-state index contributed by atoms with van der Waals surface area (Å²) in [6.07, 6.45) is -0.312. The molecule has 0 radical (unpaired) electrons. The summed E-state index contributed by atoms with van der Waals surface area (Å²) < 4.78 is 6.38. The van der Waals surface area contributed by atoms with E-state index >= 15 is 0 Å². The number of likely N-dealkylation sites (tertiary alicyclic amines) is 1. The zero-order valence-corrected chi connectivity index (χ0v) is 15.4. The van der Waals surface area contributed by atoms with Gasteiger partial charge in [-0.1, -0.05) is 15.9 Å². The number of ether oxygens (including phenoxy) is 1. The van der Waals surface area contributed by atoms with Crippen molar-refractivity contribution in [2.45, 2.75) is 51.9 Å². The minimum absolute atomic E-state index is 0.0356. The molecule has 2 atom stereocenters. The summed E-state index contributed by atoms with van der Waals surface area (Å²) in [5, 5.41) is 0. The van der Waals surface area contributed by atoms with Crippen LogP contribution in [0.2, 0.25) is 0 Å². The predicted octanol–water partition coefficient (Wildman–Crippen LogP) is 3.41. The third kappa shape index (κ3) is 2.96. The van der Waals surface area contributed by atoms with Gasteiger partial charge in [-0.15, -0.1) is 0 Å². The molecule has 2 amide bonds. The van der Waals surface area contributed by atoms with Gasteiger partial charge >= 0.3 is 6.09 Å². The van der Waals surface area contributed by atoms with Crippen molar-refractivity contribution in [3.63, 3.8) is 0 Å². The lowest BCUT2D eigenvalue weighted by Gasteiger charge is -2.49. The maximum atomic E-state index is 12.6. The van der Waals surface area contributed by atoms with Crippen LogP contribution in [0.1, 0.15) is 43.6 Å². The normalized spacial score (nSPS) is 23.6. The van der Waals surface area contributed by atoms with Gasteiger partial charge in [0.15, 0.2) is 0 Å². The fourth-order valence-electron chi connectivity index (χ4n) is 3.09. The summed E-state index contributed by atoms with van der Waals surface area (Å²) in [6, 6.07) is 5.74. The molecule has 1 aromatic rings. The number of carbonyl (C=O) groups excluding carboxylic acids is 2. The lowest BCUT2D eigenvalue weighted by atomic mass is 9.97. The fraction of sp³-hybridized carbons (Fsp3) is 0.529. The van der Waals surface area contributed by atoms with Crippen molar-refractivity contribution in [3.05, 3.63) is 33.8 Å². The molecule has 3 rings (SSSR count). The Labute approximate surface area is 144 Å². The van der Waals surface area contributed by atoms with Gasteiger partial charge in [0.2, 0.25) is 0 Å². The topological polar surface area (TPSA) is 49.9 Å². The highest BCUT2D eigenvalue weighted by molar-refractivity contribution is 9.10. The standard InChI is InChI=1S/C17H21BrN2O3/c1-10-14(9-19(10)16(22)23-17(2,3)4)20-8-11-7-12(18)5-6-13(11)15(20)21/h5-7,10,14H,8-9H2,1-4H3/t10-,14-/m0/s1. The summed E-state index contributed by atoms with van der Waals surface area (Å²) >= 11 is 3.44. The molecule has 0 saturated carbocycles. The molecule has 6 heteroatoms. The van der Waals surface area contributed by atoms with Crippen molar-refractivity contribution in [1.29, 1.82) is 0 Å². The van der Waals surface area contributed by atoms with Gasteiger partial charge < -0.3 is 14.5 Å². The first-order valence-electron chi connectivity index (χ1n) is 7.76. The summed E-state index contributed by atoms with van der Waals surface area (Å²) in [7, 11) is 0. The number of fused-ring (bicyclic) bond motifs is 1. The molecule has 2 aliphatic rings. The van der Waals surface area contributed by atoms with E-state index in [1.807, 2.05) is 50.8 Å². The summed E-state index contributed by atoms with van der Waals surface area (Å²) in [6.45, 7) is 8.65. The van der Waals surface area contributed by atoms with E-state index in [2.05, 4.69) is 15.9 Å². The molecule has 124 valence electrons. The number of hydrogen-bond donors (Lipinski definition) is 0. The van der Waals surface area contributed by atoms with Crippen LogP contribution in [0.15, 0.2) is 22.7 Å². The highest BCUT2D eigenvalue weighted by Gasteiger charge is 2.47. The second-order valence-electron chi connectivity index (χ2n) is 7.18. The summed E-state index contributed by atoms with van der Waals surface area (Å²) in [5.74, 6) is 0.0492. The number of rotatable bonds is 1. The average Bonchev–Trinajstić information content (AvgIpc) is 2.71. The lowest BCUT2D eigenvalue weighted by Crippen LogP contribution is -2.67. The molecule has 0 aliphatic carbocycles. The Morgan fingerprint density at radius 2 is 2.04 bits per heavy atom. The fourth-order valence-corrected chi connectivity index (χ4v) is 3.50. The van der Waals surface area contributed by atoms with Crippen molar-refractivity contribution in [2.24, 2.45) is 0 Å². The molecule has 0 unspecified atom stereocenters. The second kappa shape index (κ2) is 5.51. The first kappa shape index (κ1) is 16.3. The molecule has 0 N–H and O–H groups in total. The predicted molar refractivity (Wildman–Crippen MR) is 90.2 cm³/mol. The van der Waals surface area contributed by atoms with Gasteiger partial charge in [0, 0.05) is 23.1 Å². The number of amides is 2. The van der Waals surface area contributed by atoms with Crippen LogP contribution in [-0.4, -0.2) is 46.0 Å². The number of halogens is 1. The zero-order valence-electron chi connectivity index (χ0n) is 13.8. The Morgan fingerprint density at radius 3 is 2.65 bits per heavy atom.